The van der Waals surface area contributed by atoms with E-state index in [1.165, 1.54) is 22.3 Å². The van der Waals surface area contributed by atoms with Gasteiger partial charge in [0.1, 0.15) is 0 Å². The van der Waals surface area contributed by atoms with E-state index in [0.29, 0.717) is 5.70 Å². The summed E-state index contributed by atoms with van der Waals surface area (Å²) in [5, 5.41) is 0. The molecule has 156 valence electrons. The normalized spacial score (nSPS) is 14.1. The minimum absolute atomic E-state index is 0.445. The highest BCUT2D eigenvalue weighted by atomic mass is 14.6. The number of terminal acetylenes is 1. The van der Waals surface area contributed by atoms with Crippen molar-refractivity contribution in [3.63, 3.8) is 0 Å². The van der Waals surface area contributed by atoms with Gasteiger partial charge in [-0.15, -0.1) is 6.42 Å². The van der Waals surface area contributed by atoms with Gasteiger partial charge < -0.3 is 5.73 Å². The molecule has 0 heterocycles. The van der Waals surface area contributed by atoms with Crippen molar-refractivity contribution in [2.75, 3.05) is 0 Å². The van der Waals surface area contributed by atoms with Crippen LogP contribution in [0.5, 0.6) is 0 Å². The van der Waals surface area contributed by atoms with Crippen LogP contribution in [-0.4, -0.2) is 0 Å². The number of allylic oxidation sites excluding steroid dienone is 3. The van der Waals surface area contributed by atoms with Crippen molar-refractivity contribution in [2.45, 2.75) is 12.3 Å². The summed E-state index contributed by atoms with van der Waals surface area (Å²) < 4.78 is 0. The Kier molecular flexibility index (Phi) is 5.10. The second-order valence-electron chi connectivity index (χ2n) is 8.10. The average Bonchev–Trinajstić information content (AvgIpc) is 3.18. The van der Waals surface area contributed by atoms with Crippen molar-refractivity contribution >= 4 is 5.57 Å². The quantitative estimate of drug-likeness (QED) is 0.259. The van der Waals surface area contributed by atoms with E-state index in [0.717, 1.165) is 22.3 Å². The first kappa shape index (κ1) is 20.4. The molecule has 5 rings (SSSR count). The Morgan fingerprint density at radius 3 is 2.18 bits per heavy atom. The Hall–Kier alpha value is -4.46. The zero-order valence-electron chi connectivity index (χ0n) is 18.5. The summed E-state index contributed by atoms with van der Waals surface area (Å²) in [5.74, 6) is 2.64. The van der Waals surface area contributed by atoms with Gasteiger partial charge in [0.15, 0.2) is 0 Å². The van der Waals surface area contributed by atoms with Gasteiger partial charge in [0.25, 0.3) is 0 Å². The Morgan fingerprint density at radius 1 is 0.909 bits per heavy atom. The fraction of sp³-hybridized carbons (Fsp3) is 0.0625. The van der Waals surface area contributed by atoms with Crippen LogP contribution < -0.4 is 5.73 Å². The molecule has 33 heavy (non-hydrogen) atoms. The third-order valence-electron chi connectivity index (χ3n) is 6.47. The molecule has 0 radical (unpaired) electrons. The number of rotatable bonds is 4. The minimum Gasteiger partial charge on any atom is -0.398 e. The van der Waals surface area contributed by atoms with Crippen LogP contribution in [0.15, 0.2) is 109 Å². The van der Waals surface area contributed by atoms with Gasteiger partial charge >= 0.3 is 0 Å². The lowest BCUT2D eigenvalue weighted by molar-refractivity contribution is 0.768. The molecule has 0 saturated carbocycles. The summed E-state index contributed by atoms with van der Waals surface area (Å²) in [6.07, 6.45) is 9.23. The SMILES string of the molecule is C#C/C=C(\C(N)=C/C)c1ccc2c(c1)-c1c#cccc1C2(c1ccccc1)c1ccccc1. The lowest BCUT2D eigenvalue weighted by Gasteiger charge is -2.33. The summed E-state index contributed by atoms with van der Waals surface area (Å²) in [6, 6.07) is 38.6. The van der Waals surface area contributed by atoms with E-state index in [1.54, 1.807) is 6.08 Å². The third kappa shape index (κ3) is 3.07. The molecule has 0 fully saturated rings. The van der Waals surface area contributed by atoms with Crippen molar-refractivity contribution in [3.8, 4) is 23.5 Å². The molecular formula is C32H23N. The average molecular weight is 422 g/mol. The first-order chi connectivity index (χ1) is 16.2. The van der Waals surface area contributed by atoms with E-state index in [2.05, 4.69) is 103 Å². The number of fused-ring (bicyclic) bond motifs is 3. The zero-order chi connectivity index (χ0) is 22.8. The number of benzene rings is 3. The second-order valence-corrected chi connectivity index (χ2v) is 8.10. The summed E-state index contributed by atoms with van der Waals surface area (Å²) >= 11 is 0. The van der Waals surface area contributed by atoms with Crippen LogP contribution >= 0.6 is 0 Å². The van der Waals surface area contributed by atoms with E-state index in [9.17, 15) is 0 Å². The van der Waals surface area contributed by atoms with Crippen LogP contribution in [0.2, 0.25) is 0 Å². The second kappa shape index (κ2) is 8.23. The van der Waals surface area contributed by atoms with Gasteiger partial charge in [0, 0.05) is 16.8 Å². The molecule has 0 aromatic heterocycles. The maximum Gasteiger partial charge on any atom is 0.0720 e. The smallest absolute Gasteiger partial charge is 0.0720 e. The molecule has 1 heteroatoms. The molecule has 4 aromatic rings. The first-order valence-corrected chi connectivity index (χ1v) is 11.0. The van der Waals surface area contributed by atoms with E-state index >= 15 is 0 Å². The lowest BCUT2D eigenvalue weighted by Crippen LogP contribution is -2.28. The van der Waals surface area contributed by atoms with Crippen molar-refractivity contribution in [3.05, 3.63) is 149 Å². The van der Waals surface area contributed by atoms with Crippen molar-refractivity contribution in [2.24, 2.45) is 5.73 Å². The Balaban J connectivity index is 1.88. The highest BCUT2D eigenvalue weighted by Crippen LogP contribution is 2.55. The zero-order valence-corrected chi connectivity index (χ0v) is 18.5. The third-order valence-corrected chi connectivity index (χ3v) is 6.47. The van der Waals surface area contributed by atoms with E-state index in [-0.39, 0.29) is 0 Å². The topological polar surface area (TPSA) is 26.0 Å². The molecule has 4 aromatic carbocycles. The molecule has 0 atom stereocenters. The van der Waals surface area contributed by atoms with Gasteiger partial charge in [-0.25, -0.2) is 0 Å². The van der Waals surface area contributed by atoms with Crippen molar-refractivity contribution in [1.82, 2.24) is 0 Å². The summed E-state index contributed by atoms with van der Waals surface area (Å²) in [5.41, 5.74) is 15.4. The van der Waals surface area contributed by atoms with Gasteiger partial charge in [0.2, 0.25) is 0 Å². The Bertz CT molecular complexity index is 1380. The van der Waals surface area contributed by atoms with Gasteiger partial charge in [-0.05, 0) is 64.6 Å². The van der Waals surface area contributed by atoms with Gasteiger partial charge in [-0.2, -0.15) is 0 Å². The fourth-order valence-corrected chi connectivity index (χ4v) is 5.04. The monoisotopic (exact) mass is 421 g/mol. The molecule has 2 N–H and O–H groups in total. The van der Waals surface area contributed by atoms with Gasteiger partial charge in [0.05, 0.1) is 5.41 Å². The minimum atomic E-state index is -0.445. The van der Waals surface area contributed by atoms with E-state index in [1.807, 2.05) is 19.1 Å². The molecule has 1 aliphatic rings. The van der Waals surface area contributed by atoms with Gasteiger partial charge in [-0.1, -0.05) is 96.9 Å². The van der Waals surface area contributed by atoms with Crippen LogP contribution in [0.3, 0.4) is 0 Å². The highest BCUT2D eigenvalue weighted by molar-refractivity contribution is 5.89. The fourth-order valence-electron chi connectivity index (χ4n) is 5.04. The molecule has 1 nitrogen and oxygen atoms in total. The predicted octanol–water partition coefficient (Wildman–Crippen LogP) is 6.53. The van der Waals surface area contributed by atoms with Crippen LogP contribution in [0.25, 0.3) is 16.7 Å². The van der Waals surface area contributed by atoms with Crippen molar-refractivity contribution in [1.29, 1.82) is 0 Å². The Labute approximate surface area is 195 Å². The van der Waals surface area contributed by atoms with E-state index in [4.69, 9.17) is 12.2 Å². The molecule has 0 unspecified atom stereocenters. The number of hydrogen-bond donors (Lipinski definition) is 1. The molecular weight excluding hydrogens is 398 g/mol. The largest absolute Gasteiger partial charge is 0.398 e. The van der Waals surface area contributed by atoms with Crippen LogP contribution in [0, 0.1) is 24.5 Å². The highest BCUT2D eigenvalue weighted by Gasteiger charge is 2.46. The van der Waals surface area contributed by atoms with Crippen molar-refractivity contribution < 1.29 is 0 Å². The summed E-state index contributed by atoms with van der Waals surface area (Å²) in [4.78, 5) is 0. The maximum atomic E-state index is 6.29. The molecule has 0 bridgehead atoms. The number of hydrogen-bond acceptors (Lipinski definition) is 1. The molecule has 0 spiro atoms. The molecule has 0 saturated heterocycles. The first-order valence-electron chi connectivity index (χ1n) is 11.0. The predicted molar refractivity (Wildman–Crippen MR) is 136 cm³/mol. The van der Waals surface area contributed by atoms with Crippen LogP contribution in [0.4, 0.5) is 0 Å². The maximum absolute atomic E-state index is 6.29. The summed E-state index contributed by atoms with van der Waals surface area (Å²) in [7, 11) is 0. The molecule has 1 aliphatic carbocycles. The van der Waals surface area contributed by atoms with Gasteiger partial charge in [-0.3, -0.25) is 0 Å². The molecule has 0 amide bonds. The number of nitrogens with two attached hydrogens (primary N) is 1. The van der Waals surface area contributed by atoms with Crippen LogP contribution in [-0.2, 0) is 5.41 Å². The standard InChI is InChI=1S/C32H23N/c1-3-13-26(31(33)4-2)23-20-21-30-28(22-23)27-18-11-12-19-29(27)32(30,24-14-7-5-8-15-24)25-16-9-6-10-17-25/h1,4-10,12-17,19-22H,33H2,2H3/b26-13-,31-4+. The van der Waals surface area contributed by atoms with Crippen LogP contribution in [0.1, 0.15) is 34.7 Å². The lowest BCUT2D eigenvalue weighted by atomic mass is 9.68. The van der Waals surface area contributed by atoms with E-state index < -0.39 is 5.41 Å². The Morgan fingerprint density at radius 2 is 1.58 bits per heavy atom. The summed E-state index contributed by atoms with van der Waals surface area (Å²) in [6.45, 7) is 1.92. The molecule has 0 aliphatic heterocycles.